The van der Waals surface area contributed by atoms with Gasteiger partial charge in [0.25, 0.3) is 0 Å². The summed E-state index contributed by atoms with van der Waals surface area (Å²) in [6.07, 6.45) is -4.41. The number of hydrogen-bond donors (Lipinski definition) is 1. The third-order valence-electron chi connectivity index (χ3n) is 3.47. The minimum absolute atomic E-state index is 0.152. The zero-order valence-corrected chi connectivity index (χ0v) is 13.2. The van der Waals surface area contributed by atoms with Crippen LogP contribution < -0.4 is 5.32 Å². The molecule has 1 atom stereocenters. The van der Waals surface area contributed by atoms with Crippen LogP contribution in [0, 0.1) is 18.3 Å². The summed E-state index contributed by atoms with van der Waals surface area (Å²) in [5.41, 5.74) is 0.690. The van der Waals surface area contributed by atoms with Crippen LogP contribution in [0.1, 0.15) is 28.4 Å². The van der Waals surface area contributed by atoms with Crippen LogP contribution in [-0.4, -0.2) is 18.7 Å². The number of hydrogen-bond acceptors (Lipinski definition) is 4. The molecule has 2 rings (SSSR count). The number of halogens is 3. The van der Waals surface area contributed by atoms with Gasteiger partial charge in [0, 0.05) is 7.11 Å². The molecule has 1 N–H and O–H groups in total. The molecule has 1 aromatic carbocycles. The van der Waals surface area contributed by atoms with Gasteiger partial charge in [-0.1, -0.05) is 18.2 Å². The summed E-state index contributed by atoms with van der Waals surface area (Å²) in [5, 5.41) is 12.1. The molecule has 0 spiro atoms. The first-order valence-electron chi connectivity index (χ1n) is 7.15. The molecule has 0 amide bonds. The van der Waals surface area contributed by atoms with Crippen LogP contribution in [0.2, 0.25) is 0 Å². The Labute approximate surface area is 137 Å². The molecule has 0 radical (unpaired) electrons. The Bertz CT molecular complexity index is 753. The zero-order valence-electron chi connectivity index (χ0n) is 13.2. The van der Waals surface area contributed by atoms with Crippen molar-refractivity contribution in [2.45, 2.75) is 19.1 Å². The van der Waals surface area contributed by atoms with Crippen LogP contribution in [0.15, 0.2) is 36.4 Å². The third kappa shape index (κ3) is 4.24. The first kappa shape index (κ1) is 17.8. The molecular formula is C17H16F3N3O. The Morgan fingerprint density at radius 2 is 2.04 bits per heavy atom. The van der Waals surface area contributed by atoms with E-state index in [0.29, 0.717) is 11.4 Å². The second-order valence-electron chi connectivity index (χ2n) is 5.25. The first-order valence-corrected chi connectivity index (χ1v) is 7.15. The Hall–Kier alpha value is -2.59. The van der Waals surface area contributed by atoms with E-state index in [9.17, 15) is 13.2 Å². The van der Waals surface area contributed by atoms with E-state index in [1.807, 2.05) is 6.07 Å². The van der Waals surface area contributed by atoms with Crippen molar-refractivity contribution in [1.82, 2.24) is 4.98 Å². The van der Waals surface area contributed by atoms with Gasteiger partial charge in [0.2, 0.25) is 0 Å². The lowest BCUT2D eigenvalue weighted by Crippen LogP contribution is -2.18. The number of aryl methyl sites for hydroxylation is 1. The molecule has 4 nitrogen and oxygen atoms in total. The number of alkyl halides is 3. The molecule has 0 saturated carbocycles. The van der Waals surface area contributed by atoms with Crippen LogP contribution in [0.3, 0.4) is 0 Å². The minimum atomic E-state index is -4.41. The zero-order chi connectivity index (χ0) is 17.7. The maximum absolute atomic E-state index is 12.9. The lowest BCUT2D eigenvalue weighted by molar-refractivity contribution is -0.137. The number of benzene rings is 1. The number of rotatable bonds is 5. The van der Waals surface area contributed by atoms with E-state index in [1.54, 1.807) is 25.1 Å². The molecule has 1 heterocycles. The van der Waals surface area contributed by atoms with Crippen molar-refractivity contribution >= 4 is 5.82 Å². The molecule has 7 heteroatoms. The topological polar surface area (TPSA) is 57.9 Å². The minimum Gasteiger partial charge on any atom is -0.382 e. The number of anilines is 1. The highest BCUT2D eigenvalue weighted by molar-refractivity contribution is 5.45. The van der Waals surface area contributed by atoms with E-state index in [2.05, 4.69) is 10.3 Å². The number of aromatic nitrogens is 1. The summed E-state index contributed by atoms with van der Waals surface area (Å²) in [7, 11) is 1.46. The molecule has 1 unspecified atom stereocenters. The van der Waals surface area contributed by atoms with Gasteiger partial charge in [0.1, 0.15) is 17.6 Å². The summed E-state index contributed by atoms with van der Waals surface area (Å²) < 4.78 is 43.8. The highest BCUT2D eigenvalue weighted by Crippen LogP contribution is 2.31. The van der Waals surface area contributed by atoms with Gasteiger partial charge in [-0.05, 0) is 36.2 Å². The maximum atomic E-state index is 12.9. The lowest BCUT2D eigenvalue weighted by Gasteiger charge is -2.20. The van der Waals surface area contributed by atoms with E-state index in [1.165, 1.54) is 13.2 Å². The van der Waals surface area contributed by atoms with Crippen LogP contribution in [0.4, 0.5) is 19.0 Å². The van der Waals surface area contributed by atoms with Crippen molar-refractivity contribution in [3.8, 4) is 6.07 Å². The molecule has 0 fully saturated rings. The summed E-state index contributed by atoms with van der Waals surface area (Å²) in [6.45, 7) is 1.91. The predicted molar refractivity (Wildman–Crippen MR) is 83.4 cm³/mol. The van der Waals surface area contributed by atoms with E-state index in [-0.39, 0.29) is 12.3 Å². The number of nitriles is 1. The molecule has 0 aliphatic carbocycles. The fraction of sp³-hybridized carbons (Fsp3) is 0.294. The smallest absolute Gasteiger partial charge is 0.382 e. The summed E-state index contributed by atoms with van der Waals surface area (Å²) in [4.78, 5) is 4.16. The number of nitrogens with zero attached hydrogens (tertiary/aromatic N) is 2. The normalized spacial score (nSPS) is 12.5. The number of ether oxygens (including phenoxy) is 1. The van der Waals surface area contributed by atoms with Crippen LogP contribution in [0.5, 0.6) is 0 Å². The second-order valence-corrected chi connectivity index (χ2v) is 5.25. The molecule has 0 saturated heterocycles. The van der Waals surface area contributed by atoms with Crippen molar-refractivity contribution in [1.29, 1.82) is 5.26 Å². The summed E-state index contributed by atoms with van der Waals surface area (Å²) in [5.74, 6) is 0.400. The SMILES string of the molecule is COCC(Nc1ccc(C)c(C#N)n1)c1cccc(C(F)(F)F)c1. The van der Waals surface area contributed by atoms with Crippen LogP contribution >= 0.6 is 0 Å². The second kappa shape index (κ2) is 7.32. The summed E-state index contributed by atoms with van der Waals surface area (Å²) in [6, 6.07) is 9.89. The maximum Gasteiger partial charge on any atom is 0.416 e. The quantitative estimate of drug-likeness (QED) is 0.894. The predicted octanol–water partition coefficient (Wildman–Crippen LogP) is 4.08. The van der Waals surface area contributed by atoms with Gasteiger partial charge in [-0.25, -0.2) is 4.98 Å². The molecule has 0 aliphatic heterocycles. The van der Waals surface area contributed by atoms with Gasteiger partial charge in [0.05, 0.1) is 18.2 Å². The first-order chi connectivity index (χ1) is 11.3. The number of nitrogens with one attached hydrogen (secondary N) is 1. The van der Waals surface area contributed by atoms with Crippen molar-refractivity contribution in [2.24, 2.45) is 0 Å². The Kier molecular flexibility index (Phi) is 5.42. The van der Waals surface area contributed by atoms with E-state index >= 15 is 0 Å². The number of pyridine rings is 1. The van der Waals surface area contributed by atoms with Crippen LogP contribution in [-0.2, 0) is 10.9 Å². The van der Waals surface area contributed by atoms with E-state index in [4.69, 9.17) is 10.00 Å². The monoisotopic (exact) mass is 335 g/mol. The third-order valence-corrected chi connectivity index (χ3v) is 3.47. The molecule has 24 heavy (non-hydrogen) atoms. The van der Waals surface area contributed by atoms with Crippen molar-refractivity contribution < 1.29 is 17.9 Å². The van der Waals surface area contributed by atoms with Gasteiger partial charge < -0.3 is 10.1 Å². The highest BCUT2D eigenvalue weighted by atomic mass is 19.4. The van der Waals surface area contributed by atoms with Gasteiger partial charge in [-0.15, -0.1) is 0 Å². The standard InChI is InChI=1S/C17H16F3N3O/c1-11-6-7-16(22-14(11)9-21)23-15(10-24-2)12-4-3-5-13(8-12)17(18,19)20/h3-8,15H,10H2,1-2H3,(H,22,23). The Morgan fingerprint density at radius 3 is 2.67 bits per heavy atom. The average Bonchev–Trinajstić information content (AvgIpc) is 2.55. The lowest BCUT2D eigenvalue weighted by atomic mass is 10.0. The molecule has 1 aromatic heterocycles. The van der Waals surface area contributed by atoms with Crippen molar-refractivity contribution in [3.05, 3.63) is 58.8 Å². The number of methoxy groups -OCH3 is 1. The average molecular weight is 335 g/mol. The molecule has 2 aromatic rings. The van der Waals surface area contributed by atoms with E-state index < -0.39 is 17.8 Å². The van der Waals surface area contributed by atoms with Gasteiger partial charge in [0.15, 0.2) is 0 Å². The molecule has 0 aliphatic rings. The summed E-state index contributed by atoms with van der Waals surface area (Å²) >= 11 is 0. The van der Waals surface area contributed by atoms with Crippen molar-refractivity contribution in [2.75, 3.05) is 19.0 Å². The van der Waals surface area contributed by atoms with Gasteiger partial charge in [-0.2, -0.15) is 18.4 Å². The van der Waals surface area contributed by atoms with Crippen molar-refractivity contribution in [3.63, 3.8) is 0 Å². The highest BCUT2D eigenvalue weighted by Gasteiger charge is 2.31. The fourth-order valence-corrected chi connectivity index (χ4v) is 2.22. The Morgan fingerprint density at radius 1 is 1.29 bits per heavy atom. The largest absolute Gasteiger partial charge is 0.416 e. The molecule has 126 valence electrons. The van der Waals surface area contributed by atoms with Gasteiger partial charge >= 0.3 is 6.18 Å². The van der Waals surface area contributed by atoms with Crippen LogP contribution in [0.25, 0.3) is 0 Å². The Balaban J connectivity index is 2.32. The molecular weight excluding hydrogens is 319 g/mol. The fourth-order valence-electron chi connectivity index (χ4n) is 2.22. The van der Waals surface area contributed by atoms with Gasteiger partial charge in [-0.3, -0.25) is 0 Å². The van der Waals surface area contributed by atoms with E-state index in [0.717, 1.165) is 17.7 Å². The molecule has 0 bridgehead atoms.